The number of hydrogen-bond acceptors (Lipinski definition) is 3. The fourth-order valence-electron chi connectivity index (χ4n) is 7.10. The lowest BCUT2D eigenvalue weighted by atomic mass is 9.98. The molecule has 2 rings (SSSR count). The molecular weight excluding hydrogens is 595 g/mol. The van der Waals surface area contributed by atoms with Crippen LogP contribution >= 0.6 is 0 Å². The molecular formula is C46H79N3. The van der Waals surface area contributed by atoms with Gasteiger partial charge in [-0.3, -0.25) is 4.90 Å². The van der Waals surface area contributed by atoms with Crippen LogP contribution in [-0.4, -0.2) is 42.1 Å². The number of allylic oxidation sites excluding steroid dienone is 8. The molecule has 0 aliphatic carbocycles. The maximum Gasteiger partial charge on any atom is 0.128 e. The highest BCUT2D eigenvalue weighted by Crippen LogP contribution is 2.22. The first-order valence-electron chi connectivity index (χ1n) is 21.3. The minimum absolute atomic E-state index is 0.766. The molecule has 1 aromatic heterocycles. The maximum absolute atomic E-state index is 4.62. The summed E-state index contributed by atoms with van der Waals surface area (Å²) in [6.07, 6.45) is 55.7. The third-order valence-electron chi connectivity index (χ3n) is 10.3. The van der Waals surface area contributed by atoms with Gasteiger partial charge in [-0.15, -0.1) is 0 Å². The number of piperazine rings is 1. The quantitative estimate of drug-likeness (QED) is 0.0560. The monoisotopic (exact) mass is 674 g/mol. The molecule has 1 aliphatic rings. The van der Waals surface area contributed by atoms with Crippen LogP contribution in [-0.2, 0) is 0 Å². The number of aromatic nitrogens is 1. The number of rotatable bonds is 32. The smallest absolute Gasteiger partial charge is 0.128 e. The molecule has 3 heteroatoms. The fraction of sp³-hybridized carbons (Fsp3) is 0.717. The van der Waals surface area contributed by atoms with Gasteiger partial charge in [0.15, 0.2) is 0 Å². The Labute approximate surface area is 305 Å². The predicted octanol–water partition coefficient (Wildman–Crippen LogP) is 14.0. The summed E-state index contributed by atoms with van der Waals surface area (Å²) in [6.45, 7) is 9.15. The van der Waals surface area contributed by atoms with E-state index in [9.17, 15) is 0 Å². The van der Waals surface area contributed by atoms with Gasteiger partial charge in [-0.25, -0.2) is 4.98 Å². The highest BCUT2D eigenvalue weighted by atomic mass is 15.3. The number of hydrogen-bond donors (Lipinski definition) is 0. The normalized spacial score (nSPS) is 14.6. The van der Waals surface area contributed by atoms with Gasteiger partial charge < -0.3 is 4.90 Å². The van der Waals surface area contributed by atoms with Crippen molar-refractivity contribution >= 4 is 5.82 Å². The summed E-state index contributed by atoms with van der Waals surface area (Å²) in [6, 6.07) is 7.08. The SMILES string of the molecule is CCCCC/C=C\C/C=C\CCCCCCCCC(CCCCCCCC/C=C\C/C=C\CCCCC)N1CCN(c2ccccn2)CC1. The first kappa shape index (κ1) is 43.0. The van der Waals surface area contributed by atoms with Gasteiger partial charge in [-0.1, -0.05) is 158 Å². The summed E-state index contributed by atoms with van der Waals surface area (Å²) in [5, 5.41) is 0. The van der Waals surface area contributed by atoms with Crippen molar-refractivity contribution in [1.82, 2.24) is 9.88 Å². The van der Waals surface area contributed by atoms with Crippen LogP contribution in [0.15, 0.2) is 73.0 Å². The zero-order chi connectivity index (χ0) is 34.7. The second-order valence-corrected chi connectivity index (χ2v) is 14.6. The van der Waals surface area contributed by atoms with Crippen molar-refractivity contribution in [3.8, 4) is 0 Å². The molecule has 0 N–H and O–H groups in total. The van der Waals surface area contributed by atoms with Gasteiger partial charge in [-0.2, -0.15) is 0 Å². The molecule has 0 unspecified atom stereocenters. The standard InChI is InChI=1S/C46H79N3/c1-3-5-7-9-11-13-15-17-19-21-23-25-27-29-31-33-37-45(48-41-43-49(44-42-48)46-39-35-36-40-47-46)38-34-32-30-28-26-24-22-20-18-16-14-12-10-8-6-4-2/h11-14,17-20,35-36,39-40,45H,3-10,15-16,21-34,37-38,41-44H2,1-2H3/b13-11-,14-12-,19-17-,20-18-. The summed E-state index contributed by atoms with van der Waals surface area (Å²) >= 11 is 0. The highest BCUT2D eigenvalue weighted by molar-refractivity contribution is 5.38. The molecule has 278 valence electrons. The van der Waals surface area contributed by atoms with E-state index < -0.39 is 0 Å². The molecule has 2 heterocycles. The minimum atomic E-state index is 0.766. The number of nitrogens with zero attached hydrogens (tertiary/aromatic N) is 3. The number of pyridine rings is 1. The largest absolute Gasteiger partial charge is 0.354 e. The first-order chi connectivity index (χ1) is 24.3. The molecule has 1 aliphatic heterocycles. The van der Waals surface area contributed by atoms with E-state index in [1.54, 1.807) is 0 Å². The van der Waals surface area contributed by atoms with E-state index in [1.165, 1.54) is 167 Å². The molecule has 0 radical (unpaired) electrons. The van der Waals surface area contributed by atoms with E-state index in [4.69, 9.17) is 0 Å². The van der Waals surface area contributed by atoms with Gasteiger partial charge in [0.25, 0.3) is 0 Å². The lowest BCUT2D eigenvalue weighted by molar-refractivity contribution is 0.161. The Hall–Kier alpha value is -2.13. The Balaban J connectivity index is 1.57. The molecule has 1 fully saturated rings. The van der Waals surface area contributed by atoms with Crippen LogP contribution in [0.4, 0.5) is 5.82 Å². The second kappa shape index (κ2) is 33.0. The van der Waals surface area contributed by atoms with Crippen molar-refractivity contribution in [2.24, 2.45) is 0 Å². The summed E-state index contributed by atoms with van der Waals surface area (Å²) in [4.78, 5) is 9.93. The maximum atomic E-state index is 4.62. The van der Waals surface area contributed by atoms with Crippen molar-refractivity contribution in [1.29, 1.82) is 0 Å². The minimum Gasteiger partial charge on any atom is -0.354 e. The number of unbranched alkanes of at least 4 members (excludes halogenated alkanes) is 18. The van der Waals surface area contributed by atoms with E-state index >= 15 is 0 Å². The molecule has 0 atom stereocenters. The van der Waals surface area contributed by atoms with Crippen molar-refractivity contribution in [2.75, 3.05) is 31.1 Å². The third-order valence-corrected chi connectivity index (χ3v) is 10.3. The topological polar surface area (TPSA) is 19.4 Å². The van der Waals surface area contributed by atoms with E-state index in [-0.39, 0.29) is 0 Å². The van der Waals surface area contributed by atoms with Crippen molar-refractivity contribution in [2.45, 2.75) is 187 Å². The lowest BCUT2D eigenvalue weighted by Crippen LogP contribution is -2.50. The van der Waals surface area contributed by atoms with Crippen LogP contribution in [0.25, 0.3) is 0 Å². The zero-order valence-corrected chi connectivity index (χ0v) is 32.6. The van der Waals surface area contributed by atoms with E-state index in [2.05, 4.69) is 89.4 Å². The molecule has 1 aromatic rings. The Morgan fingerprint density at radius 2 is 0.939 bits per heavy atom. The first-order valence-corrected chi connectivity index (χ1v) is 21.3. The lowest BCUT2D eigenvalue weighted by Gasteiger charge is -2.40. The Morgan fingerprint density at radius 3 is 1.37 bits per heavy atom. The molecule has 0 saturated carbocycles. The van der Waals surface area contributed by atoms with Gasteiger partial charge in [-0.05, 0) is 89.2 Å². The Bertz CT molecular complexity index is 892. The molecule has 0 spiro atoms. The summed E-state index contributed by atoms with van der Waals surface area (Å²) in [5.74, 6) is 1.15. The molecule has 0 bridgehead atoms. The molecule has 49 heavy (non-hydrogen) atoms. The summed E-state index contributed by atoms with van der Waals surface area (Å²) in [5.41, 5.74) is 0. The van der Waals surface area contributed by atoms with Gasteiger partial charge in [0.1, 0.15) is 5.82 Å². The zero-order valence-electron chi connectivity index (χ0n) is 32.6. The number of anilines is 1. The van der Waals surface area contributed by atoms with Crippen LogP contribution in [0.2, 0.25) is 0 Å². The fourth-order valence-corrected chi connectivity index (χ4v) is 7.10. The molecule has 1 saturated heterocycles. The van der Waals surface area contributed by atoms with Crippen LogP contribution in [0.5, 0.6) is 0 Å². The van der Waals surface area contributed by atoms with Crippen LogP contribution in [0.1, 0.15) is 181 Å². The van der Waals surface area contributed by atoms with E-state index in [0.717, 1.165) is 37.8 Å². The predicted molar refractivity (Wildman–Crippen MR) is 220 cm³/mol. The Kier molecular flexibility index (Phi) is 29.0. The van der Waals surface area contributed by atoms with Gasteiger partial charge in [0.2, 0.25) is 0 Å². The van der Waals surface area contributed by atoms with Crippen LogP contribution in [0, 0.1) is 0 Å². The molecule has 0 aromatic carbocycles. The van der Waals surface area contributed by atoms with Gasteiger partial charge in [0, 0.05) is 38.4 Å². The van der Waals surface area contributed by atoms with E-state index in [0.29, 0.717) is 0 Å². The average Bonchev–Trinajstić information content (AvgIpc) is 3.14. The van der Waals surface area contributed by atoms with Crippen LogP contribution in [0.3, 0.4) is 0 Å². The molecule has 0 amide bonds. The van der Waals surface area contributed by atoms with Gasteiger partial charge >= 0.3 is 0 Å². The summed E-state index contributed by atoms with van der Waals surface area (Å²) < 4.78 is 0. The van der Waals surface area contributed by atoms with E-state index in [1.807, 2.05) is 12.3 Å². The average molecular weight is 674 g/mol. The summed E-state index contributed by atoms with van der Waals surface area (Å²) in [7, 11) is 0. The third kappa shape index (κ3) is 24.6. The molecule has 3 nitrogen and oxygen atoms in total. The van der Waals surface area contributed by atoms with Crippen LogP contribution < -0.4 is 4.90 Å². The Morgan fingerprint density at radius 1 is 0.510 bits per heavy atom. The van der Waals surface area contributed by atoms with Crippen molar-refractivity contribution < 1.29 is 0 Å². The second-order valence-electron chi connectivity index (χ2n) is 14.6. The highest BCUT2D eigenvalue weighted by Gasteiger charge is 2.24. The van der Waals surface area contributed by atoms with Gasteiger partial charge in [0.05, 0.1) is 0 Å². The van der Waals surface area contributed by atoms with Crippen molar-refractivity contribution in [3.05, 3.63) is 73.0 Å². The van der Waals surface area contributed by atoms with Crippen molar-refractivity contribution in [3.63, 3.8) is 0 Å².